The van der Waals surface area contributed by atoms with Crippen LogP contribution in [0.4, 0.5) is 11.4 Å². The van der Waals surface area contributed by atoms with Crippen LogP contribution in [0.1, 0.15) is 11.1 Å². The molecule has 176 valence electrons. The molecule has 0 saturated heterocycles. The van der Waals surface area contributed by atoms with Crippen molar-refractivity contribution in [2.45, 2.75) is 0 Å². The lowest BCUT2D eigenvalue weighted by molar-refractivity contribution is -0.510. The summed E-state index contributed by atoms with van der Waals surface area (Å²) < 4.78 is 11.1. The molecule has 1 N–H and O–H groups in total. The summed E-state index contributed by atoms with van der Waals surface area (Å²) in [7, 11) is 2.23. The number of hydrazine groups is 1. The van der Waals surface area contributed by atoms with Gasteiger partial charge in [-0.2, -0.15) is 5.43 Å². The molecule has 1 heterocycles. The van der Waals surface area contributed by atoms with Gasteiger partial charge in [-0.05, 0) is 40.5 Å². The van der Waals surface area contributed by atoms with Crippen LogP contribution in [0.5, 0.6) is 0 Å². The van der Waals surface area contributed by atoms with E-state index in [1.165, 1.54) is 53.5 Å². The Labute approximate surface area is 197 Å². The topological polar surface area (TPSA) is 154 Å². The first-order valence-electron chi connectivity index (χ1n) is 10.0. The zero-order chi connectivity index (χ0) is 25.3. The van der Waals surface area contributed by atoms with Gasteiger partial charge in [0, 0.05) is 35.9 Å². The minimum Gasteiger partial charge on any atom is -0.465 e. The summed E-state index contributed by atoms with van der Waals surface area (Å²) in [4.78, 5) is 48.0. The first kappa shape index (κ1) is 23.0. The second-order valence-electron chi connectivity index (χ2n) is 7.26. The molecule has 2 aromatic carbocycles. The van der Waals surface area contributed by atoms with Gasteiger partial charge in [0.05, 0.1) is 30.3 Å². The first-order valence-corrected chi connectivity index (χ1v) is 10.0. The first-order chi connectivity index (χ1) is 16.8. The molecule has 12 nitrogen and oxygen atoms in total. The molecule has 0 bridgehead atoms. The third-order valence-corrected chi connectivity index (χ3v) is 5.41. The number of carbonyl (C=O) groups excluding carboxylic acids is 2. The number of non-ortho nitro benzene ring substituents is 2. The van der Waals surface area contributed by atoms with Crippen LogP contribution < -0.4 is 5.43 Å². The Morgan fingerprint density at radius 3 is 1.80 bits per heavy atom. The fraction of sp³-hybridized carbons (Fsp3) is 0.0870. The third kappa shape index (κ3) is 3.93. The van der Waals surface area contributed by atoms with Gasteiger partial charge in [-0.15, -0.1) is 0 Å². The number of methoxy groups -OCH3 is 2. The van der Waals surface area contributed by atoms with Crippen molar-refractivity contribution < 1.29 is 33.6 Å². The Bertz CT molecular complexity index is 1370. The number of hydrazone groups is 1. The summed E-state index contributed by atoms with van der Waals surface area (Å²) in [6, 6.07) is 8.03. The smallest absolute Gasteiger partial charge is 0.407 e. The predicted molar refractivity (Wildman–Crippen MR) is 122 cm³/mol. The van der Waals surface area contributed by atoms with Crippen LogP contribution >= 0.6 is 0 Å². The van der Waals surface area contributed by atoms with E-state index < -0.39 is 21.8 Å². The fourth-order valence-electron chi connectivity index (χ4n) is 3.92. The lowest BCUT2D eigenvalue weighted by Gasteiger charge is -2.12. The highest BCUT2D eigenvalue weighted by atomic mass is 16.6. The molecule has 12 heteroatoms. The number of nitro groups is 2. The number of carbonyl (C=O) groups is 2. The summed E-state index contributed by atoms with van der Waals surface area (Å²) in [6.45, 7) is 0. The fourth-order valence-corrected chi connectivity index (χ4v) is 3.92. The van der Waals surface area contributed by atoms with Gasteiger partial charge in [-0.3, -0.25) is 20.2 Å². The van der Waals surface area contributed by atoms with Crippen LogP contribution in [0.15, 0.2) is 66.5 Å². The highest BCUT2D eigenvalue weighted by Crippen LogP contribution is 2.48. The monoisotopic (exact) mass is 477 g/mol. The van der Waals surface area contributed by atoms with Crippen molar-refractivity contribution in [3.8, 4) is 11.1 Å². The van der Waals surface area contributed by atoms with E-state index in [9.17, 15) is 29.8 Å². The van der Waals surface area contributed by atoms with E-state index >= 15 is 0 Å². The molecule has 2 aromatic rings. The van der Waals surface area contributed by atoms with E-state index in [2.05, 4.69) is 5.43 Å². The predicted octanol–water partition coefficient (Wildman–Crippen LogP) is 2.63. The second-order valence-corrected chi connectivity index (χ2v) is 7.26. The molecule has 0 radical (unpaired) electrons. The Hall–Kier alpha value is -5.13. The number of esters is 2. The van der Waals surface area contributed by atoms with E-state index in [-0.39, 0.29) is 39.4 Å². The molecule has 1 aliphatic heterocycles. The van der Waals surface area contributed by atoms with Crippen LogP contribution in [0, 0.1) is 20.2 Å². The molecule has 0 aromatic heterocycles. The van der Waals surface area contributed by atoms with Crippen LogP contribution in [-0.4, -0.2) is 46.4 Å². The van der Waals surface area contributed by atoms with Gasteiger partial charge in [0.15, 0.2) is 5.57 Å². The number of nitrogens with zero attached hydrogens (tertiary/aromatic N) is 3. The highest BCUT2D eigenvalue weighted by Gasteiger charge is 2.41. The number of nitro benzene ring substituents is 2. The zero-order valence-corrected chi connectivity index (χ0v) is 18.4. The molecule has 0 atom stereocenters. The number of benzene rings is 2. The van der Waals surface area contributed by atoms with Crippen LogP contribution in [0.25, 0.3) is 16.7 Å². The third-order valence-electron chi connectivity index (χ3n) is 5.41. The van der Waals surface area contributed by atoms with E-state index in [1.807, 2.05) is 0 Å². The molecule has 0 saturated carbocycles. The molecule has 2 aliphatic rings. The van der Waals surface area contributed by atoms with Gasteiger partial charge >= 0.3 is 17.7 Å². The number of fused-ring (bicyclic) bond motifs is 3. The second kappa shape index (κ2) is 9.02. The maximum Gasteiger partial charge on any atom is 0.407 e. The molecule has 0 spiro atoms. The summed E-state index contributed by atoms with van der Waals surface area (Å²) in [5.41, 5.74) is 3.16. The molecular formula is C23H17N4O8+. The van der Waals surface area contributed by atoms with E-state index in [4.69, 9.17) is 9.47 Å². The summed E-state index contributed by atoms with van der Waals surface area (Å²) >= 11 is 0. The summed E-state index contributed by atoms with van der Waals surface area (Å²) in [5.74, 6) is -1.88. The van der Waals surface area contributed by atoms with Crippen molar-refractivity contribution in [2.24, 2.45) is 0 Å². The van der Waals surface area contributed by atoms with Gasteiger partial charge in [0.25, 0.3) is 11.4 Å². The Morgan fingerprint density at radius 2 is 1.37 bits per heavy atom. The SMILES string of the molecule is COC(=O)C(=C1c2cc([N+](=O)[O-])ccc2-c2ccc([N+](=O)[O-])cc21)C(C(=O)OC)=[N+]1C=CC=CN1. The van der Waals surface area contributed by atoms with E-state index in [0.717, 1.165) is 14.2 Å². The normalized spacial score (nSPS) is 14.4. The van der Waals surface area contributed by atoms with E-state index in [0.29, 0.717) is 11.1 Å². The van der Waals surface area contributed by atoms with Crippen molar-refractivity contribution in [3.63, 3.8) is 0 Å². The number of hydrogen-bond donors (Lipinski definition) is 1. The van der Waals surface area contributed by atoms with Gasteiger partial charge < -0.3 is 9.47 Å². The number of hydrogen-bond acceptors (Lipinski definition) is 9. The molecule has 0 fully saturated rings. The summed E-state index contributed by atoms with van der Waals surface area (Å²) in [5, 5.41) is 23.0. The van der Waals surface area contributed by atoms with Crippen molar-refractivity contribution in [2.75, 3.05) is 14.2 Å². The average molecular weight is 477 g/mol. The van der Waals surface area contributed by atoms with Crippen LogP contribution in [-0.2, 0) is 19.1 Å². The lowest BCUT2D eigenvalue weighted by atomic mass is 9.94. The van der Waals surface area contributed by atoms with Crippen LogP contribution in [0.3, 0.4) is 0 Å². The van der Waals surface area contributed by atoms with Gasteiger partial charge in [0.1, 0.15) is 0 Å². The molecule has 35 heavy (non-hydrogen) atoms. The minimum atomic E-state index is -0.957. The number of allylic oxidation sites excluding steroid dienone is 2. The number of nitrogens with one attached hydrogen (secondary N) is 1. The lowest BCUT2D eigenvalue weighted by Crippen LogP contribution is -2.37. The quantitative estimate of drug-likeness (QED) is 0.192. The van der Waals surface area contributed by atoms with Crippen molar-refractivity contribution in [3.05, 3.63) is 97.9 Å². The van der Waals surface area contributed by atoms with Gasteiger partial charge in [-0.25, -0.2) is 9.59 Å². The Kier molecular flexibility index (Phi) is 5.94. The number of ether oxygens (including phenoxy) is 2. The largest absolute Gasteiger partial charge is 0.465 e. The van der Waals surface area contributed by atoms with Crippen molar-refractivity contribution in [1.82, 2.24) is 5.43 Å². The van der Waals surface area contributed by atoms with Crippen LogP contribution in [0.2, 0.25) is 0 Å². The average Bonchev–Trinajstić information content (AvgIpc) is 3.19. The Balaban J connectivity index is 2.19. The summed E-state index contributed by atoms with van der Waals surface area (Å²) in [6.07, 6.45) is 6.18. The molecule has 1 aliphatic carbocycles. The molecule has 0 unspecified atom stereocenters. The maximum atomic E-state index is 13.2. The van der Waals surface area contributed by atoms with Crippen molar-refractivity contribution >= 4 is 34.6 Å². The minimum absolute atomic E-state index is 0.0550. The standard InChI is InChI=1S/C23H16N4O8/c1-34-22(28)20(21(23(29)35-2)25-10-4-3-9-24-25)19-17-11-13(26(30)31)5-7-15(17)16-8-6-14(27(32)33)12-18(16)19/h3-12H,1-2H3/p+1. The highest BCUT2D eigenvalue weighted by molar-refractivity contribution is 6.49. The van der Waals surface area contributed by atoms with Crippen molar-refractivity contribution in [1.29, 1.82) is 0 Å². The zero-order valence-electron chi connectivity index (χ0n) is 18.4. The maximum absolute atomic E-state index is 13.2. The number of rotatable bonds is 5. The van der Waals surface area contributed by atoms with E-state index in [1.54, 1.807) is 12.2 Å². The van der Waals surface area contributed by atoms with Gasteiger partial charge in [-0.1, -0.05) is 4.68 Å². The Morgan fingerprint density at radius 1 is 0.829 bits per heavy atom. The molecule has 0 amide bonds. The van der Waals surface area contributed by atoms with Gasteiger partial charge in [0.2, 0.25) is 6.20 Å². The molecule has 4 rings (SSSR count). The molecular weight excluding hydrogens is 460 g/mol.